The molecule has 4 rings (SSSR count). The largest absolute Gasteiger partial charge is 0.338 e. The number of amides is 1. The highest BCUT2D eigenvalue weighted by molar-refractivity contribution is 5.94. The van der Waals surface area contributed by atoms with E-state index in [0.717, 1.165) is 30.0 Å². The van der Waals surface area contributed by atoms with Gasteiger partial charge in [0.05, 0.1) is 0 Å². The normalized spacial score (nSPS) is 17.4. The van der Waals surface area contributed by atoms with Crippen molar-refractivity contribution < 1.29 is 9.18 Å². The van der Waals surface area contributed by atoms with Crippen LogP contribution in [0.25, 0.3) is 11.2 Å². The van der Waals surface area contributed by atoms with Crippen molar-refractivity contribution in [2.75, 3.05) is 13.1 Å². The van der Waals surface area contributed by atoms with E-state index in [-0.39, 0.29) is 17.6 Å². The van der Waals surface area contributed by atoms with Crippen molar-refractivity contribution in [3.05, 3.63) is 59.8 Å². The predicted molar refractivity (Wildman–Crippen MR) is 92.9 cm³/mol. The lowest BCUT2D eigenvalue weighted by atomic mass is 10.1. The van der Waals surface area contributed by atoms with Crippen LogP contribution in [0.15, 0.2) is 42.6 Å². The quantitative estimate of drug-likeness (QED) is 0.737. The van der Waals surface area contributed by atoms with E-state index in [1.807, 2.05) is 17.0 Å². The smallest absolute Gasteiger partial charge is 0.253 e. The highest BCUT2D eigenvalue weighted by Gasteiger charge is 2.31. The SMILES string of the molecule is CCn1c([C@H]2CCN(C(=O)c3ccc(F)cc3)C2)nc2cccnc21. The van der Waals surface area contributed by atoms with Gasteiger partial charge in [0.25, 0.3) is 5.91 Å². The zero-order valence-corrected chi connectivity index (χ0v) is 14.0. The number of aromatic nitrogens is 3. The Morgan fingerprint density at radius 1 is 1.28 bits per heavy atom. The van der Waals surface area contributed by atoms with Gasteiger partial charge in [0.15, 0.2) is 5.65 Å². The summed E-state index contributed by atoms with van der Waals surface area (Å²) in [4.78, 5) is 23.6. The van der Waals surface area contributed by atoms with Crippen molar-refractivity contribution in [2.24, 2.45) is 0 Å². The lowest BCUT2D eigenvalue weighted by Gasteiger charge is -2.17. The van der Waals surface area contributed by atoms with Gasteiger partial charge in [0.1, 0.15) is 17.2 Å². The summed E-state index contributed by atoms with van der Waals surface area (Å²) in [7, 11) is 0. The number of nitrogens with zero attached hydrogens (tertiary/aromatic N) is 4. The minimum Gasteiger partial charge on any atom is -0.338 e. The number of hydrogen-bond acceptors (Lipinski definition) is 3. The summed E-state index contributed by atoms with van der Waals surface area (Å²) in [6.07, 6.45) is 2.65. The second-order valence-corrected chi connectivity index (χ2v) is 6.30. The van der Waals surface area contributed by atoms with Crippen molar-refractivity contribution in [3.8, 4) is 0 Å². The Balaban J connectivity index is 1.58. The molecule has 1 aromatic carbocycles. The Hall–Kier alpha value is -2.76. The van der Waals surface area contributed by atoms with E-state index in [0.29, 0.717) is 18.7 Å². The minimum absolute atomic E-state index is 0.0558. The average molecular weight is 338 g/mol. The number of benzene rings is 1. The molecule has 1 aliphatic rings. The van der Waals surface area contributed by atoms with Crippen LogP contribution < -0.4 is 0 Å². The minimum atomic E-state index is -0.333. The molecule has 1 fully saturated rings. The van der Waals surface area contributed by atoms with Crippen LogP contribution in [0, 0.1) is 5.82 Å². The summed E-state index contributed by atoms with van der Waals surface area (Å²) in [5.41, 5.74) is 2.30. The lowest BCUT2D eigenvalue weighted by molar-refractivity contribution is 0.0790. The van der Waals surface area contributed by atoms with E-state index in [2.05, 4.69) is 16.5 Å². The third kappa shape index (κ3) is 2.77. The van der Waals surface area contributed by atoms with E-state index < -0.39 is 0 Å². The van der Waals surface area contributed by atoms with Crippen LogP contribution in [-0.4, -0.2) is 38.4 Å². The molecule has 128 valence electrons. The fourth-order valence-electron chi connectivity index (χ4n) is 3.53. The Bertz CT molecular complexity index is 919. The second kappa shape index (κ2) is 6.27. The fraction of sp³-hybridized carbons (Fsp3) is 0.316. The Morgan fingerprint density at radius 2 is 2.08 bits per heavy atom. The molecule has 0 unspecified atom stereocenters. The third-order valence-electron chi connectivity index (χ3n) is 4.78. The molecule has 0 spiro atoms. The van der Waals surface area contributed by atoms with Gasteiger partial charge in [0, 0.05) is 37.3 Å². The summed E-state index contributed by atoms with van der Waals surface area (Å²) < 4.78 is 15.2. The van der Waals surface area contributed by atoms with Crippen molar-refractivity contribution in [2.45, 2.75) is 25.8 Å². The predicted octanol–water partition coefficient (Wildman–Crippen LogP) is 3.22. The van der Waals surface area contributed by atoms with Crippen LogP contribution >= 0.6 is 0 Å². The number of carbonyl (C=O) groups is 1. The van der Waals surface area contributed by atoms with Gasteiger partial charge >= 0.3 is 0 Å². The molecular weight excluding hydrogens is 319 g/mol. The van der Waals surface area contributed by atoms with Crippen LogP contribution in [0.5, 0.6) is 0 Å². The number of aryl methyl sites for hydroxylation is 1. The van der Waals surface area contributed by atoms with Gasteiger partial charge in [-0.25, -0.2) is 14.4 Å². The number of fused-ring (bicyclic) bond motifs is 1. The molecule has 0 bridgehead atoms. The van der Waals surface area contributed by atoms with E-state index in [9.17, 15) is 9.18 Å². The third-order valence-corrected chi connectivity index (χ3v) is 4.78. The Kier molecular flexibility index (Phi) is 3.95. The Morgan fingerprint density at radius 3 is 2.84 bits per heavy atom. The van der Waals surface area contributed by atoms with Gasteiger partial charge < -0.3 is 9.47 Å². The molecule has 0 aliphatic carbocycles. The van der Waals surface area contributed by atoms with E-state index >= 15 is 0 Å². The highest BCUT2D eigenvalue weighted by atomic mass is 19.1. The van der Waals surface area contributed by atoms with E-state index in [4.69, 9.17) is 4.98 Å². The highest BCUT2D eigenvalue weighted by Crippen LogP contribution is 2.29. The summed E-state index contributed by atoms with van der Waals surface area (Å²) in [6.45, 7) is 4.18. The number of halogens is 1. The molecule has 1 amide bonds. The first-order valence-corrected chi connectivity index (χ1v) is 8.53. The van der Waals surface area contributed by atoms with Crippen molar-refractivity contribution in [1.82, 2.24) is 19.4 Å². The molecule has 0 saturated carbocycles. The van der Waals surface area contributed by atoms with Gasteiger partial charge in [-0.2, -0.15) is 0 Å². The molecule has 5 nitrogen and oxygen atoms in total. The zero-order chi connectivity index (χ0) is 17.4. The first-order chi connectivity index (χ1) is 12.2. The monoisotopic (exact) mass is 338 g/mol. The number of hydrogen-bond donors (Lipinski definition) is 0. The van der Waals surface area contributed by atoms with Crippen molar-refractivity contribution in [1.29, 1.82) is 0 Å². The summed E-state index contributed by atoms with van der Waals surface area (Å²) in [5, 5.41) is 0. The molecule has 0 N–H and O–H groups in total. The number of imidazole rings is 1. The lowest BCUT2D eigenvalue weighted by Crippen LogP contribution is -2.28. The van der Waals surface area contributed by atoms with E-state index in [1.54, 1.807) is 6.20 Å². The first-order valence-electron chi connectivity index (χ1n) is 8.53. The van der Waals surface area contributed by atoms with Crippen LogP contribution in [-0.2, 0) is 6.54 Å². The Labute approximate surface area is 145 Å². The van der Waals surface area contributed by atoms with Gasteiger partial charge in [-0.3, -0.25) is 4.79 Å². The summed E-state index contributed by atoms with van der Waals surface area (Å²) in [6, 6.07) is 9.57. The van der Waals surface area contributed by atoms with Gasteiger partial charge in [-0.05, 0) is 49.7 Å². The van der Waals surface area contributed by atoms with E-state index in [1.165, 1.54) is 24.3 Å². The molecule has 6 heteroatoms. The maximum absolute atomic E-state index is 13.1. The molecule has 3 heterocycles. The number of pyridine rings is 1. The maximum Gasteiger partial charge on any atom is 0.253 e. The summed E-state index contributed by atoms with van der Waals surface area (Å²) >= 11 is 0. The summed E-state index contributed by atoms with van der Waals surface area (Å²) in [5.74, 6) is 0.795. The molecular formula is C19H19FN4O. The van der Waals surface area contributed by atoms with Crippen molar-refractivity contribution >= 4 is 17.1 Å². The topological polar surface area (TPSA) is 51.0 Å². The molecule has 0 radical (unpaired) electrons. The van der Waals surface area contributed by atoms with Crippen LogP contribution in [0.1, 0.15) is 35.4 Å². The van der Waals surface area contributed by atoms with Crippen LogP contribution in [0.4, 0.5) is 4.39 Å². The van der Waals surface area contributed by atoms with Crippen molar-refractivity contribution in [3.63, 3.8) is 0 Å². The zero-order valence-electron chi connectivity index (χ0n) is 14.0. The average Bonchev–Trinajstić information content (AvgIpc) is 3.26. The number of carbonyl (C=O) groups excluding carboxylic acids is 1. The molecule has 1 atom stereocenters. The number of likely N-dealkylation sites (tertiary alicyclic amines) is 1. The van der Waals surface area contributed by atoms with Crippen LogP contribution in [0.3, 0.4) is 0 Å². The number of rotatable bonds is 3. The molecule has 2 aromatic heterocycles. The van der Waals surface area contributed by atoms with Crippen LogP contribution in [0.2, 0.25) is 0 Å². The second-order valence-electron chi connectivity index (χ2n) is 6.30. The van der Waals surface area contributed by atoms with Gasteiger partial charge in [-0.1, -0.05) is 0 Å². The first kappa shape index (κ1) is 15.7. The maximum atomic E-state index is 13.1. The molecule has 3 aromatic rings. The van der Waals surface area contributed by atoms with Gasteiger partial charge in [0.2, 0.25) is 0 Å². The van der Waals surface area contributed by atoms with Gasteiger partial charge in [-0.15, -0.1) is 0 Å². The molecule has 1 saturated heterocycles. The fourth-order valence-corrected chi connectivity index (χ4v) is 3.53. The molecule has 1 aliphatic heterocycles. The molecule has 25 heavy (non-hydrogen) atoms. The standard InChI is InChI=1S/C19H19FN4O/c1-2-24-17(22-16-4-3-10-21-18(16)24)14-9-11-23(12-14)19(25)13-5-7-15(20)8-6-13/h3-8,10,14H,2,9,11-12H2,1H3/t14-/m0/s1.